The number of hydrogen-bond donors (Lipinski definition) is 1. The normalized spacial score (nSPS) is 15.3. The van der Waals surface area contributed by atoms with Gasteiger partial charge in [-0.2, -0.15) is 0 Å². The first-order chi connectivity index (χ1) is 12.6. The van der Waals surface area contributed by atoms with E-state index in [9.17, 15) is 4.79 Å². The molecule has 1 aliphatic carbocycles. The van der Waals surface area contributed by atoms with Crippen molar-refractivity contribution in [2.75, 3.05) is 5.75 Å². The van der Waals surface area contributed by atoms with Crippen molar-refractivity contribution in [2.45, 2.75) is 56.5 Å². The van der Waals surface area contributed by atoms with Gasteiger partial charge in [0.1, 0.15) is 10.9 Å². The SMILES string of the molecule is CC(C)c1nnc2c(SCC(=O)NC3CCCC3)nc3ccccc3n12. The highest BCUT2D eigenvalue weighted by Crippen LogP contribution is 2.27. The largest absolute Gasteiger partial charge is 0.353 e. The van der Waals surface area contributed by atoms with Gasteiger partial charge in [-0.1, -0.05) is 50.6 Å². The van der Waals surface area contributed by atoms with Gasteiger partial charge in [0, 0.05) is 12.0 Å². The van der Waals surface area contributed by atoms with Gasteiger partial charge >= 0.3 is 0 Å². The molecule has 0 saturated heterocycles. The number of carbonyl (C=O) groups is 1. The van der Waals surface area contributed by atoms with Crippen LogP contribution in [0.1, 0.15) is 51.3 Å². The van der Waals surface area contributed by atoms with Crippen LogP contribution in [0.25, 0.3) is 16.7 Å². The molecule has 26 heavy (non-hydrogen) atoms. The number of rotatable bonds is 5. The maximum Gasteiger partial charge on any atom is 0.230 e. The van der Waals surface area contributed by atoms with Crippen molar-refractivity contribution in [3.05, 3.63) is 30.1 Å². The van der Waals surface area contributed by atoms with Gasteiger partial charge in [-0.3, -0.25) is 9.20 Å². The van der Waals surface area contributed by atoms with Crippen molar-refractivity contribution < 1.29 is 4.79 Å². The maximum absolute atomic E-state index is 12.3. The molecular weight excluding hydrogens is 346 g/mol. The van der Waals surface area contributed by atoms with E-state index in [-0.39, 0.29) is 11.8 Å². The number of para-hydroxylation sites is 2. The van der Waals surface area contributed by atoms with Crippen LogP contribution in [-0.2, 0) is 4.79 Å². The van der Waals surface area contributed by atoms with Crippen LogP contribution in [0.3, 0.4) is 0 Å². The molecule has 2 heterocycles. The van der Waals surface area contributed by atoms with Gasteiger partial charge in [-0.25, -0.2) is 4.98 Å². The molecule has 1 amide bonds. The van der Waals surface area contributed by atoms with Crippen LogP contribution >= 0.6 is 11.8 Å². The number of benzene rings is 1. The Morgan fingerprint density at radius 1 is 1.27 bits per heavy atom. The molecule has 6 nitrogen and oxygen atoms in total. The maximum atomic E-state index is 12.3. The highest BCUT2D eigenvalue weighted by atomic mass is 32.2. The third-order valence-corrected chi connectivity index (χ3v) is 5.75. The van der Waals surface area contributed by atoms with Gasteiger partial charge in [-0.05, 0) is 25.0 Å². The second kappa shape index (κ2) is 7.23. The molecule has 1 aliphatic rings. The fourth-order valence-corrected chi connectivity index (χ4v) is 4.30. The molecule has 4 rings (SSSR count). The summed E-state index contributed by atoms with van der Waals surface area (Å²) in [5.74, 6) is 1.58. The molecule has 1 saturated carbocycles. The van der Waals surface area contributed by atoms with E-state index in [1.54, 1.807) is 0 Å². The van der Waals surface area contributed by atoms with Gasteiger partial charge in [0.25, 0.3) is 0 Å². The van der Waals surface area contributed by atoms with Crippen LogP contribution in [0.2, 0.25) is 0 Å². The Morgan fingerprint density at radius 2 is 2.04 bits per heavy atom. The van der Waals surface area contributed by atoms with E-state index in [0.717, 1.165) is 40.4 Å². The molecule has 1 N–H and O–H groups in total. The number of hydrogen-bond acceptors (Lipinski definition) is 5. The molecule has 2 aromatic heterocycles. The van der Waals surface area contributed by atoms with Crippen LogP contribution in [0, 0.1) is 0 Å². The first-order valence-corrected chi connectivity index (χ1v) is 10.2. The van der Waals surface area contributed by atoms with E-state index in [1.165, 1.54) is 24.6 Å². The zero-order valence-electron chi connectivity index (χ0n) is 15.1. The average molecular weight is 369 g/mol. The van der Waals surface area contributed by atoms with E-state index in [0.29, 0.717) is 11.8 Å². The topological polar surface area (TPSA) is 72.2 Å². The van der Waals surface area contributed by atoms with Gasteiger partial charge in [0.2, 0.25) is 5.91 Å². The van der Waals surface area contributed by atoms with Gasteiger partial charge < -0.3 is 5.32 Å². The Hall–Kier alpha value is -2.15. The van der Waals surface area contributed by atoms with Crippen molar-refractivity contribution in [3.63, 3.8) is 0 Å². The minimum atomic E-state index is 0.0682. The van der Waals surface area contributed by atoms with Crippen LogP contribution in [0.5, 0.6) is 0 Å². The third-order valence-electron chi connectivity index (χ3n) is 4.80. The molecule has 0 aliphatic heterocycles. The van der Waals surface area contributed by atoms with Gasteiger partial charge in [0.15, 0.2) is 5.65 Å². The summed E-state index contributed by atoms with van der Waals surface area (Å²) in [5, 5.41) is 12.6. The highest BCUT2D eigenvalue weighted by Gasteiger charge is 2.20. The fourth-order valence-electron chi connectivity index (χ4n) is 3.52. The van der Waals surface area contributed by atoms with Crippen LogP contribution < -0.4 is 5.32 Å². The number of aromatic nitrogens is 4. The number of thioether (sulfide) groups is 1. The summed E-state index contributed by atoms with van der Waals surface area (Å²) >= 11 is 1.43. The molecular formula is C19H23N5OS. The number of fused-ring (bicyclic) bond motifs is 3. The number of amides is 1. The van der Waals surface area contributed by atoms with Crippen molar-refractivity contribution in [1.29, 1.82) is 0 Å². The monoisotopic (exact) mass is 369 g/mol. The quantitative estimate of drug-likeness (QED) is 0.696. The number of carbonyl (C=O) groups excluding carboxylic acids is 1. The summed E-state index contributed by atoms with van der Waals surface area (Å²) in [4.78, 5) is 17.0. The molecule has 7 heteroatoms. The Balaban J connectivity index is 1.64. The average Bonchev–Trinajstić information content (AvgIpc) is 3.29. The van der Waals surface area contributed by atoms with E-state index < -0.39 is 0 Å². The minimum absolute atomic E-state index is 0.0682. The van der Waals surface area contributed by atoms with E-state index in [1.807, 2.05) is 24.3 Å². The van der Waals surface area contributed by atoms with Gasteiger partial charge in [-0.15, -0.1) is 10.2 Å². The Morgan fingerprint density at radius 3 is 2.81 bits per heavy atom. The van der Waals surface area contributed by atoms with Crippen LogP contribution in [0.15, 0.2) is 29.3 Å². The second-order valence-corrected chi connectivity index (χ2v) is 8.08. The zero-order valence-corrected chi connectivity index (χ0v) is 15.9. The van der Waals surface area contributed by atoms with Crippen LogP contribution in [-0.4, -0.2) is 37.3 Å². The van der Waals surface area contributed by atoms with Crippen molar-refractivity contribution >= 4 is 34.3 Å². The lowest BCUT2D eigenvalue weighted by molar-refractivity contribution is -0.119. The first kappa shape index (κ1) is 17.3. The smallest absolute Gasteiger partial charge is 0.230 e. The molecule has 0 spiro atoms. The van der Waals surface area contributed by atoms with E-state index >= 15 is 0 Å². The summed E-state index contributed by atoms with van der Waals surface area (Å²) in [5.41, 5.74) is 2.61. The number of nitrogens with one attached hydrogen (secondary N) is 1. The fraction of sp³-hybridized carbons (Fsp3) is 0.474. The standard InChI is InChI=1S/C19H23N5OS/c1-12(2)17-22-23-18-19(21-14-9-5-6-10-15(14)24(17)18)26-11-16(25)20-13-7-3-4-8-13/h5-6,9-10,12-13H,3-4,7-8,11H2,1-2H3,(H,20,25). The second-order valence-electron chi connectivity index (χ2n) is 7.12. The molecule has 1 fully saturated rings. The molecule has 0 atom stereocenters. The Labute approximate surface area is 156 Å². The lowest BCUT2D eigenvalue weighted by Crippen LogP contribution is -2.33. The van der Waals surface area contributed by atoms with Crippen LogP contribution in [0.4, 0.5) is 0 Å². The summed E-state index contributed by atoms with van der Waals surface area (Å²) < 4.78 is 2.07. The predicted molar refractivity (Wildman–Crippen MR) is 103 cm³/mol. The Kier molecular flexibility index (Phi) is 4.80. The highest BCUT2D eigenvalue weighted by molar-refractivity contribution is 8.00. The molecule has 1 aromatic carbocycles. The first-order valence-electron chi connectivity index (χ1n) is 9.19. The minimum Gasteiger partial charge on any atom is -0.353 e. The third kappa shape index (κ3) is 3.28. The molecule has 0 radical (unpaired) electrons. The van der Waals surface area contributed by atoms with E-state index in [2.05, 4.69) is 33.8 Å². The molecule has 3 aromatic rings. The van der Waals surface area contributed by atoms with Crippen molar-refractivity contribution in [2.24, 2.45) is 0 Å². The summed E-state index contributed by atoms with van der Waals surface area (Å²) in [6.45, 7) is 4.21. The van der Waals surface area contributed by atoms with E-state index in [4.69, 9.17) is 4.98 Å². The lowest BCUT2D eigenvalue weighted by atomic mass is 10.2. The van der Waals surface area contributed by atoms with Gasteiger partial charge in [0.05, 0.1) is 16.8 Å². The summed E-state index contributed by atoms with van der Waals surface area (Å²) in [6.07, 6.45) is 4.61. The van der Waals surface area contributed by atoms with Crippen molar-refractivity contribution in [1.82, 2.24) is 24.9 Å². The lowest BCUT2D eigenvalue weighted by Gasteiger charge is -2.12. The zero-order chi connectivity index (χ0) is 18.1. The number of nitrogens with zero attached hydrogens (tertiary/aromatic N) is 4. The summed E-state index contributed by atoms with van der Waals surface area (Å²) in [7, 11) is 0. The molecule has 0 bridgehead atoms. The summed E-state index contributed by atoms with van der Waals surface area (Å²) in [6, 6.07) is 8.33. The predicted octanol–water partition coefficient (Wildman–Crippen LogP) is 3.55. The molecule has 0 unspecified atom stereocenters. The van der Waals surface area contributed by atoms with Crippen molar-refractivity contribution in [3.8, 4) is 0 Å². The Bertz CT molecular complexity index is 946. The molecule has 136 valence electrons.